The first-order valence-electron chi connectivity index (χ1n) is 9.81. The minimum Gasteiger partial charge on any atom is -0.489 e. The van der Waals surface area contributed by atoms with E-state index in [1.54, 1.807) is 18.5 Å². The quantitative estimate of drug-likeness (QED) is 0.644. The Bertz CT molecular complexity index is 970. The van der Waals surface area contributed by atoms with Crippen LogP contribution >= 0.6 is 0 Å². The third-order valence-electron chi connectivity index (χ3n) is 5.52. The van der Waals surface area contributed by atoms with Gasteiger partial charge in [-0.15, -0.1) is 0 Å². The molecule has 0 spiro atoms. The van der Waals surface area contributed by atoms with Gasteiger partial charge in [0, 0.05) is 24.5 Å². The molecule has 1 N–H and O–H groups in total. The summed E-state index contributed by atoms with van der Waals surface area (Å²) in [6.45, 7) is 0.888. The second kappa shape index (κ2) is 8.43. The van der Waals surface area contributed by atoms with E-state index in [-0.39, 0.29) is 11.7 Å². The van der Waals surface area contributed by atoms with E-state index in [4.69, 9.17) is 4.74 Å². The first-order chi connectivity index (χ1) is 14.2. The van der Waals surface area contributed by atoms with Crippen LogP contribution in [0.25, 0.3) is 0 Å². The molecule has 1 amide bonds. The highest BCUT2D eigenvalue weighted by Gasteiger charge is 2.45. The standard InChI is InChI=1S/C24H23FN2O2/c25-21-6-1-5-20(14-21)24(11-3-12-24)23(28)27-16-18-7-9-22(10-8-18)29-17-19-4-2-13-26-15-19/h1-2,4-10,13-15H,3,11-12,16-17H2,(H,27,28). The lowest BCUT2D eigenvalue weighted by Gasteiger charge is -2.40. The predicted octanol–water partition coefficient (Wildman–Crippen LogP) is 4.54. The molecule has 0 radical (unpaired) electrons. The van der Waals surface area contributed by atoms with Crippen molar-refractivity contribution < 1.29 is 13.9 Å². The molecule has 1 aliphatic rings. The fourth-order valence-electron chi connectivity index (χ4n) is 3.67. The van der Waals surface area contributed by atoms with E-state index >= 15 is 0 Å². The van der Waals surface area contributed by atoms with Gasteiger partial charge in [0.25, 0.3) is 0 Å². The molecule has 148 valence electrons. The van der Waals surface area contributed by atoms with Crippen LogP contribution in [0.4, 0.5) is 4.39 Å². The predicted molar refractivity (Wildman–Crippen MR) is 109 cm³/mol. The molecule has 0 saturated heterocycles. The second-order valence-corrected chi connectivity index (χ2v) is 7.42. The number of hydrogen-bond acceptors (Lipinski definition) is 3. The zero-order chi connectivity index (χ0) is 20.1. The molecule has 0 bridgehead atoms. The molecule has 1 fully saturated rings. The number of nitrogens with one attached hydrogen (secondary N) is 1. The van der Waals surface area contributed by atoms with Crippen molar-refractivity contribution >= 4 is 5.91 Å². The number of carbonyl (C=O) groups excluding carboxylic acids is 1. The maximum absolute atomic E-state index is 13.6. The van der Waals surface area contributed by atoms with Gasteiger partial charge >= 0.3 is 0 Å². The monoisotopic (exact) mass is 390 g/mol. The van der Waals surface area contributed by atoms with Crippen LogP contribution in [-0.4, -0.2) is 10.9 Å². The van der Waals surface area contributed by atoms with Gasteiger partial charge in [0.05, 0.1) is 5.41 Å². The molecule has 1 aliphatic carbocycles. The van der Waals surface area contributed by atoms with E-state index in [1.807, 2.05) is 42.5 Å². The normalized spacial score (nSPS) is 14.7. The Balaban J connectivity index is 1.34. The Kier molecular flexibility index (Phi) is 5.56. The number of halogens is 1. The number of nitrogens with zero attached hydrogens (tertiary/aromatic N) is 1. The van der Waals surface area contributed by atoms with Gasteiger partial charge in [-0.05, 0) is 54.3 Å². The fourth-order valence-corrected chi connectivity index (χ4v) is 3.67. The Morgan fingerprint density at radius 3 is 2.55 bits per heavy atom. The molecule has 0 aliphatic heterocycles. The Hall–Kier alpha value is -3.21. The summed E-state index contributed by atoms with van der Waals surface area (Å²) in [5, 5.41) is 3.03. The van der Waals surface area contributed by atoms with Crippen LogP contribution in [0.15, 0.2) is 73.1 Å². The largest absolute Gasteiger partial charge is 0.489 e. The van der Waals surface area contributed by atoms with Gasteiger partial charge < -0.3 is 10.1 Å². The number of benzene rings is 2. The Labute approximate surface area is 169 Å². The SMILES string of the molecule is O=C(NCc1ccc(OCc2cccnc2)cc1)C1(c2cccc(F)c2)CCC1. The van der Waals surface area contributed by atoms with Crippen LogP contribution in [0, 0.1) is 5.82 Å². The third kappa shape index (κ3) is 4.29. The lowest BCUT2D eigenvalue weighted by Crippen LogP contribution is -2.49. The Morgan fingerprint density at radius 1 is 1.07 bits per heavy atom. The average Bonchev–Trinajstić information content (AvgIpc) is 2.71. The van der Waals surface area contributed by atoms with E-state index in [0.717, 1.165) is 41.7 Å². The summed E-state index contributed by atoms with van der Waals surface area (Å²) in [5.74, 6) is 0.425. The van der Waals surface area contributed by atoms with Crippen molar-refractivity contribution in [3.05, 3.63) is 95.6 Å². The first-order valence-corrected chi connectivity index (χ1v) is 9.81. The smallest absolute Gasteiger partial charge is 0.230 e. The van der Waals surface area contributed by atoms with Crippen molar-refractivity contribution in [3.63, 3.8) is 0 Å². The highest BCUT2D eigenvalue weighted by Crippen LogP contribution is 2.44. The molecule has 4 rings (SSSR count). The van der Waals surface area contributed by atoms with Crippen LogP contribution in [0.3, 0.4) is 0 Å². The lowest BCUT2D eigenvalue weighted by atomic mass is 9.64. The molecule has 29 heavy (non-hydrogen) atoms. The summed E-state index contributed by atoms with van der Waals surface area (Å²) in [5.41, 5.74) is 2.16. The van der Waals surface area contributed by atoms with Crippen molar-refractivity contribution in [1.29, 1.82) is 0 Å². The summed E-state index contributed by atoms with van der Waals surface area (Å²) in [6, 6.07) is 17.9. The molecule has 1 saturated carbocycles. The first kappa shape index (κ1) is 19.1. The molecule has 0 unspecified atom stereocenters. The van der Waals surface area contributed by atoms with Crippen LogP contribution in [0.1, 0.15) is 36.0 Å². The van der Waals surface area contributed by atoms with Crippen molar-refractivity contribution in [3.8, 4) is 5.75 Å². The van der Waals surface area contributed by atoms with Gasteiger partial charge in [-0.25, -0.2) is 4.39 Å². The highest BCUT2D eigenvalue weighted by atomic mass is 19.1. The minimum atomic E-state index is -0.602. The van der Waals surface area contributed by atoms with Crippen LogP contribution < -0.4 is 10.1 Å². The number of hydrogen-bond donors (Lipinski definition) is 1. The van der Waals surface area contributed by atoms with Crippen molar-refractivity contribution in [2.75, 3.05) is 0 Å². The van der Waals surface area contributed by atoms with E-state index in [1.165, 1.54) is 12.1 Å². The van der Waals surface area contributed by atoms with Gasteiger partial charge in [0.2, 0.25) is 5.91 Å². The molecule has 4 nitrogen and oxygen atoms in total. The van der Waals surface area contributed by atoms with Crippen molar-refractivity contribution in [2.24, 2.45) is 0 Å². The minimum absolute atomic E-state index is 0.0359. The number of rotatable bonds is 7. The zero-order valence-corrected chi connectivity index (χ0v) is 16.1. The van der Waals surface area contributed by atoms with Gasteiger partial charge in [-0.3, -0.25) is 9.78 Å². The van der Waals surface area contributed by atoms with E-state index in [2.05, 4.69) is 10.3 Å². The second-order valence-electron chi connectivity index (χ2n) is 7.42. The number of pyridine rings is 1. The molecule has 2 aromatic carbocycles. The van der Waals surface area contributed by atoms with Crippen LogP contribution in [0.5, 0.6) is 5.75 Å². The number of ether oxygens (including phenoxy) is 1. The molecular formula is C24H23FN2O2. The molecule has 1 heterocycles. The van der Waals surface area contributed by atoms with Gasteiger partial charge in [-0.1, -0.05) is 36.8 Å². The summed E-state index contributed by atoms with van der Waals surface area (Å²) >= 11 is 0. The van der Waals surface area contributed by atoms with Crippen LogP contribution in [0.2, 0.25) is 0 Å². The van der Waals surface area contributed by atoms with E-state index < -0.39 is 5.41 Å². The van der Waals surface area contributed by atoms with E-state index in [9.17, 15) is 9.18 Å². The summed E-state index contributed by atoms with van der Waals surface area (Å²) in [4.78, 5) is 17.0. The molecular weight excluding hydrogens is 367 g/mol. The summed E-state index contributed by atoms with van der Waals surface area (Å²) < 4.78 is 19.4. The average molecular weight is 390 g/mol. The van der Waals surface area contributed by atoms with E-state index in [0.29, 0.717) is 13.2 Å². The molecule has 0 atom stereocenters. The molecule has 1 aromatic heterocycles. The van der Waals surface area contributed by atoms with Crippen molar-refractivity contribution in [1.82, 2.24) is 10.3 Å². The maximum atomic E-state index is 13.6. The lowest BCUT2D eigenvalue weighted by molar-refractivity contribution is -0.130. The number of amides is 1. The van der Waals surface area contributed by atoms with Gasteiger partial charge in [0.15, 0.2) is 0 Å². The molecule has 5 heteroatoms. The fraction of sp³-hybridized carbons (Fsp3) is 0.250. The maximum Gasteiger partial charge on any atom is 0.230 e. The van der Waals surface area contributed by atoms with Crippen molar-refractivity contribution in [2.45, 2.75) is 37.8 Å². The Morgan fingerprint density at radius 2 is 1.90 bits per heavy atom. The summed E-state index contributed by atoms with van der Waals surface area (Å²) in [6.07, 6.45) is 5.99. The molecule has 3 aromatic rings. The number of aromatic nitrogens is 1. The van der Waals surface area contributed by atoms with Crippen LogP contribution in [-0.2, 0) is 23.4 Å². The summed E-state index contributed by atoms with van der Waals surface area (Å²) in [7, 11) is 0. The third-order valence-corrected chi connectivity index (χ3v) is 5.52. The number of carbonyl (C=O) groups is 1. The zero-order valence-electron chi connectivity index (χ0n) is 16.1. The topological polar surface area (TPSA) is 51.2 Å². The highest BCUT2D eigenvalue weighted by molar-refractivity contribution is 5.89. The van der Waals surface area contributed by atoms with Gasteiger partial charge in [0.1, 0.15) is 18.2 Å². The van der Waals surface area contributed by atoms with Gasteiger partial charge in [-0.2, -0.15) is 0 Å².